The second kappa shape index (κ2) is 43.6. The summed E-state index contributed by atoms with van der Waals surface area (Å²) in [5, 5.41) is 87.1. The van der Waals surface area contributed by atoms with E-state index in [0.717, 1.165) is 103 Å². The Morgan fingerprint density at radius 3 is 1.47 bits per heavy atom. The molecule has 14 heteroatoms. The Hall–Kier alpha value is -2.57. The lowest BCUT2D eigenvalue weighted by atomic mass is 9.97. The van der Waals surface area contributed by atoms with E-state index in [0.29, 0.717) is 12.8 Å². The Balaban J connectivity index is 1.76. The van der Waals surface area contributed by atoms with E-state index in [1.807, 2.05) is 0 Å². The lowest BCUT2D eigenvalue weighted by Crippen LogP contribution is -2.65. The molecule has 2 aliphatic rings. The van der Waals surface area contributed by atoms with Crippen LogP contribution < -0.4 is 5.32 Å². The molecule has 2 saturated heterocycles. The first-order valence-electron chi connectivity index (χ1n) is 28.2. The third-order valence-corrected chi connectivity index (χ3v) is 13.4. The van der Waals surface area contributed by atoms with Gasteiger partial charge in [-0.05, 0) is 64.2 Å². The minimum Gasteiger partial charge on any atom is -0.394 e. The normalized spacial score (nSPS) is 26.1. The van der Waals surface area contributed by atoms with Gasteiger partial charge in [0.1, 0.15) is 48.8 Å². The van der Waals surface area contributed by atoms with E-state index >= 15 is 0 Å². The first-order chi connectivity index (χ1) is 35.1. The van der Waals surface area contributed by atoms with Crippen molar-refractivity contribution in [3.63, 3.8) is 0 Å². The quantitative estimate of drug-likeness (QED) is 0.0206. The van der Waals surface area contributed by atoms with Crippen LogP contribution >= 0.6 is 0 Å². The smallest absolute Gasteiger partial charge is 0.220 e. The minimum atomic E-state index is -1.79. The fourth-order valence-electron chi connectivity index (χ4n) is 8.89. The van der Waals surface area contributed by atoms with E-state index in [9.17, 15) is 45.6 Å². The summed E-state index contributed by atoms with van der Waals surface area (Å²) in [6.07, 6.45) is 38.9. The molecule has 72 heavy (non-hydrogen) atoms. The molecule has 2 aliphatic heterocycles. The maximum absolute atomic E-state index is 13.2. The standard InChI is InChI=1S/C58H101NO13/c1-3-5-7-9-11-13-15-17-18-19-20-21-22-23-24-25-26-27-28-30-32-34-36-38-40-42-50(63)59-46(47(62)41-39-37-35-33-31-29-16-14-12-10-8-6-4-2)45-69-57-55(68)53(66)56(49(44-61)71-57)72-58-54(67)52(65)51(64)48(43-60)70-58/h5,7,11,13,17-18,20-21,23-24,26-27,46-49,51-58,60-62,64-68H,3-4,6,8-10,12,14-16,19,22,25,28-45H2,1-2H3,(H,59,63)/b7-5-,13-11-,18-17-,21-20-,24-23-,27-26-. The van der Waals surface area contributed by atoms with Crippen LogP contribution in [-0.4, -0.2) is 140 Å². The van der Waals surface area contributed by atoms with Crippen molar-refractivity contribution in [3.8, 4) is 0 Å². The van der Waals surface area contributed by atoms with Gasteiger partial charge in [-0.1, -0.05) is 196 Å². The Bertz CT molecular complexity index is 1480. The number of aliphatic hydroxyl groups excluding tert-OH is 8. The lowest BCUT2D eigenvalue weighted by Gasteiger charge is -2.46. The van der Waals surface area contributed by atoms with E-state index in [4.69, 9.17) is 18.9 Å². The van der Waals surface area contributed by atoms with Gasteiger partial charge in [0.15, 0.2) is 12.6 Å². The van der Waals surface area contributed by atoms with Crippen LogP contribution in [-0.2, 0) is 23.7 Å². The molecule has 0 saturated carbocycles. The summed E-state index contributed by atoms with van der Waals surface area (Å²) in [7, 11) is 0. The predicted molar refractivity (Wildman–Crippen MR) is 286 cm³/mol. The number of rotatable bonds is 43. The molecule has 12 atom stereocenters. The average Bonchev–Trinajstić information content (AvgIpc) is 3.38. The van der Waals surface area contributed by atoms with E-state index in [2.05, 4.69) is 92.1 Å². The number of ether oxygens (including phenoxy) is 4. The highest BCUT2D eigenvalue weighted by Gasteiger charge is 2.51. The fraction of sp³-hybridized carbons (Fsp3) is 0.776. The number of nitrogens with one attached hydrogen (secondary N) is 1. The average molecular weight is 1020 g/mol. The van der Waals surface area contributed by atoms with Gasteiger partial charge < -0.3 is 65.1 Å². The van der Waals surface area contributed by atoms with E-state index in [1.165, 1.54) is 57.8 Å². The molecule has 0 aromatic rings. The van der Waals surface area contributed by atoms with Crippen molar-refractivity contribution in [1.82, 2.24) is 5.32 Å². The number of aliphatic hydroxyl groups is 8. The third kappa shape index (κ3) is 29.5. The van der Waals surface area contributed by atoms with Gasteiger partial charge in [0.25, 0.3) is 0 Å². The van der Waals surface area contributed by atoms with Gasteiger partial charge in [-0.3, -0.25) is 4.79 Å². The number of unbranched alkanes of at least 4 members (excludes halogenated alkanes) is 18. The molecular formula is C58H101NO13. The van der Waals surface area contributed by atoms with Crippen LogP contribution in [0.1, 0.15) is 194 Å². The number of carbonyl (C=O) groups is 1. The number of amides is 1. The summed E-state index contributed by atoms with van der Waals surface area (Å²) < 4.78 is 22.8. The molecule has 0 aromatic carbocycles. The van der Waals surface area contributed by atoms with Gasteiger partial charge in [-0.25, -0.2) is 0 Å². The largest absolute Gasteiger partial charge is 0.394 e. The summed E-state index contributed by atoms with van der Waals surface area (Å²) in [5.74, 6) is -0.225. The van der Waals surface area contributed by atoms with Crippen molar-refractivity contribution >= 4 is 5.91 Å². The van der Waals surface area contributed by atoms with Gasteiger partial charge in [-0.2, -0.15) is 0 Å². The van der Waals surface area contributed by atoms with Crippen LogP contribution in [0.3, 0.4) is 0 Å². The van der Waals surface area contributed by atoms with Crippen LogP contribution in [0.4, 0.5) is 0 Å². The SMILES string of the molecule is CC/C=C\C/C=C\C/C=C\C/C=C\C/C=C\C/C=C\CCCCCCCCC(=O)NC(COC1OC(CO)C(OC2OC(CO)C(O)C(O)C2O)C(O)C1O)C(O)CCCCCCCCCCCCCCC. The molecule has 2 rings (SSSR count). The van der Waals surface area contributed by atoms with E-state index < -0.39 is 86.8 Å². The summed E-state index contributed by atoms with van der Waals surface area (Å²) in [6, 6.07) is -0.840. The molecule has 2 fully saturated rings. The summed E-state index contributed by atoms with van der Waals surface area (Å²) in [4.78, 5) is 13.2. The zero-order valence-electron chi connectivity index (χ0n) is 44.4. The van der Waals surface area contributed by atoms with Gasteiger partial charge in [0, 0.05) is 6.42 Å². The van der Waals surface area contributed by atoms with Gasteiger partial charge in [0.05, 0.1) is 32.0 Å². The molecule has 12 unspecified atom stereocenters. The van der Waals surface area contributed by atoms with Crippen LogP contribution in [0.5, 0.6) is 0 Å². The molecule has 9 N–H and O–H groups in total. The molecular weight excluding hydrogens is 919 g/mol. The molecule has 0 spiro atoms. The van der Waals surface area contributed by atoms with E-state index in [1.54, 1.807) is 0 Å². The molecule has 2 heterocycles. The van der Waals surface area contributed by atoms with Crippen LogP contribution in [0.2, 0.25) is 0 Å². The zero-order valence-corrected chi connectivity index (χ0v) is 44.4. The Labute approximate surface area is 434 Å². The Kier molecular flexibility index (Phi) is 39.7. The monoisotopic (exact) mass is 1020 g/mol. The highest BCUT2D eigenvalue weighted by Crippen LogP contribution is 2.30. The van der Waals surface area contributed by atoms with Crippen molar-refractivity contribution in [2.45, 2.75) is 267 Å². The number of hydrogen-bond donors (Lipinski definition) is 9. The summed E-state index contributed by atoms with van der Waals surface area (Å²) in [5.41, 5.74) is 0. The third-order valence-electron chi connectivity index (χ3n) is 13.4. The maximum atomic E-state index is 13.2. The second-order valence-electron chi connectivity index (χ2n) is 19.7. The van der Waals surface area contributed by atoms with Crippen LogP contribution in [0.15, 0.2) is 72.9 Å². The molecule has 1 amide bonds. The minimum absolute atomic E-state index is 0.225. The Morgan fingerprint density at radius 2 is 0.958 bits per heavy atom. The topological polar surface area (TPSA) is 228 Å². The predicted octanol–water partition coefficient (Wildman–Crippen LogP) is 8.77. The van der Waals surface area contributed by atoms with Crippen LogP contribution in [0, 0.1) is 0 Å². The van der Waals surface area contributed by atoms with Crippen molar-refractivity contribution in [2.75, 3.05) is 19.8 Å². The first kappa shape index (κ1) is 65.5. The Morgan fingerprint density at radius 1 is 0.514 bits per heavy atom. The van der Waals surface area contributed by atoms with Gasteiger partial charge in [0.2, 0.25) is 5.91 Å². The highest BCUT2D eigenvalue weighted by molar-refractivity contribution is 5.76. The fourth-order valence-corrected chi connectivity index (χ4v) is 8.89. The number of hydrogen-bond acceptors (Lipinski definition) is 13. The van der Waals surface area contributed by atoms with Crippen molar-refractivity contribution in [3.05, 3.63) is 72.9 Å². The van der Waals surface area contributed by atoms with Gasteiger partial charge >= 0.3 is 0 Å². The zero-order chi connectivity index (χ0) is 52.4. The summed E-state index contributed by atoms with van der Waals surface area (Å²) >= 11 is 0. The van der Waals surface area contributed by atoms with Crippen LogP contribution in [0.25, 0.3) is 0 Å². The van der Waals surface area contributed by atoms with Crippen molar-refractivity contribution < 1.29 is 64.6 Å². The maximum Gasteiger partial charge on any atom is 0.220 e. The lowest BCUT2D eigenvalue weighted by molar-refractivity contribution is -0.359. The molecule has 14 nitrogen and oxygen atoms in total. The second-order valence-corrected chi connectivity index (χ2v) is 19.7. The molecule has 416 valence electrons. The number of allylic oxidation sites excluding steroid dienone is 12. The van der Waals surface area contributed by atoms with E-state index in [-0.39, 0.29) is 18.9 Å². The first-order valence-corrected chi connectivity index (χ1v) is 28.2. The number of carbonyl (C=O) groups excluding carboxylic acids is 1. The molecule has 0 aromatic heterocycles. The summed E-state index contributed by atoms with van der Waals surface area (Å²) in [6.45, 7) is 2.71. The molecule has 0 aliphatic carbocycles. The van der Waals surface area contributed by atoms with Crippen molar-refractivity contribution in [1.29, 1.82) is 0 Å². The van der Waals surface area contributed by atoms with Gasteiger partial charge in [-0.15, -0.1) is 0 Å². The molecule has 0 bridgehead atoms. The van der Waals surface area contributed by atoms with Crippen molar-refractivity contribution in [2.24, 2.45) is 0 Å². The molecule has 0 radical (unpaired) electrons. The highest BCUT2D eigenvalue weighted by atomic mass is 16.7.